The lowest BCUT2D eigenvalue weighted by molar-refractivity contribution is -0.207. The predicted octanol–water partition coefficient (Wildman–Crippen LogP) is 2.04. The zero-order chi connectivity index (χ0) is 23.4. The highest BCUT2D eigenvalue weighted by molar-refractivity contribution is 5.85. The number of halogens is 6. The molecule has 7 nitrogen and oxygen atoms in total. The average Bonchev–Trinajstić information content (AvgIpc) is 2.60. The van der Waals surface area contributed by atoms with E-state index in [1.54, 1.807) is 6.92 Å². The maximum absolute atomic E-state index is 13.1. The molecule has 0 radical (unpaired) electrons. The van der Waals surface area contributed by atoms with Crippen LogP contribution >= 0.6 is 0 Å². The summed E-state index contributed by atoms with van der Waals surface area (Å²) in [6, 6.07) is 1.07. The Morgan fingerprint density at radius 1 is 1.26 bits per heavy atom. The van der Waals surface area contributed by atoms with E-state index in [4.69, 9.17) is 0 Å². The standard InChI is InChI=1S/C18H17F6N3O4/c1-16(31)5-9(6-16)25-12(28)7-27-15(30)10-3-2-8(17(19,20)21)4-11(10)13(26-27)14(29)18(22,23)24/h2-4,9,14,29,31H,5-7H2,1H3,(H,25,28)/t9-,14?,16+. The summed E-state index contributed by atoms with van der Waals surface area (Å²) in [7, 11) is 0. The van der Waals surface area contributed by atoms with Crippen molar-refractivity contribution in [2.24, 2.45) is 0 Å². The lowest BCUT2D eigenvalue weighted by atomic mass is 9.77. The number of aliphatic hydroxyl groups is 2. The Hall–Kier alpha value is -2.67. The van der Waals surface area contributed by atoms with E-state index < -0.39 is 70.1 Å². The fraction of sp³-hybridized carbons (Fsp3) is 0.500. The first kappa shape index (κ1) is 23.0. The third kappa shape index (κ3) is 4.82. The minimum Gasteiger partial charge on any atom is -0.390 e. The summed E-state index contributed by atoms with van der Waals surface area (Å²) in [5, 5.41) is 23.8. The van der Waals surface area contributed by atoms with Crippen LogP contribution in [0.4, 0.5) is 26.3 Å². The molecule has 1 aliphatic rings. The van der Waals surface area contributed by atoms with Gasteiger partial charge in [0, 0.05) is 11.4 Å². The molecule has 1 aromatic heterocycles. The number of amides is 1. The fourth-order valence-electron chi connectivity index (χ4n) is 3.46. The van der Waals surface area contributed by atoms with E-state index in [0.29, 0.717) is 22.9 Å². The molecule has 1 heterocycles. The van der Waals surface area contributed by atoms with Gasteiger partial charge in [-0.05, 0) is 38.0 Å². The Kier molecular flexibility index (Phi) is 5.55. The third-order valence-electron chi connectivity index (χ3n) is 4.92. The molecule has 170 valence electrons. The number of fused-ring (bicyclic) bond motifs is 1. The van der Waals surface area contributed by atoms with Gasteiger partial charge >= 0.3 is 12.4 Å². The van der Waals surface area contributed by atoms with Gasteiger partial charge in [0.2, 0.25) is 5.91 Å². The Balaban J connectivity index is 2.03. The van der Waals surface area contributed by atoms with Gasteiger partial charge in [0.1, 0.15) is 12.2 Å². The van der Waals surface area contributed by atoms with Gasteiger partial charge in [-0.2, -0.15) is 31.4 Å². The maximum Gasteiger partial charge on any atom is 0.420 e. The summed E-state index contributed by atoms with van der Waals surface area (Å²) < 4.78 is 78.6. The first-order valence-corrected chi connectivity index (χ1v) is 8.97. The third-order valence-corrected chi connectivity index (χ3v) is 4.92. The molecule has 1 atom stereocenters. The summed E-state index contributed by atoms with van der Waals surface area (Å²) in [5.74, 6) is -0.797. The zero-order valence-electron chi connectivity index (χ0n) is 15.9. The summed E-state index contributed by atoms with van der Waals surface area (Å²) >= 11 is 0. The second kappa shape index (κ2) is 7.48. The molecule has 13 heteroatoms. The van der Waals surface area contributed by atoms with Crippen molar-refractivity contribution in [3.05, 3.63) is 39.8 Å². The number of hydrogen-bond donors (Lipinski definition) is 3. The number of benzene rings is 1. The van der Waals surface area contributed by atoms with Crippen LogP contribution in [0.5, 0.6) is 0 Å². The smallest absolute Gasteiger partial charge is 0.390 e. The van der Waals surface area contributed by atoms with E-state index in [-0.39, 0.29) is 12.8 Å². The number of carbonyl (C=O) groups excluding carboxylic acids is 1. The maximum atomic E-state index is 13.1. The van der Waals surface area contributed by atoms with Crippen molar-refractivity contribution in [3.8, 4) is 0 Å². The molecular formula is C18H17F6N3O4. The first-order chi connectivity index (χ1) is 14.1. The molecule has 31 heavy (non-hydrogen) atoms. The van der Waals surface area contributed by atoms with Crippen LogP contribution in [0.3, 0.4) is 0 Å². The largest absolute Gasteiger partial charge is 0.420 e. The number of nitrogens with zero attached hydrogens (tertiary/aromatic N) is 2. The van der Waals surface area contributed by atoms with Crippen molar-refractivity contribution >= 4 is 16.7 Å². The number of aromatic nitrogens is 2. The van der Waals surface area contributed by atoms with Crippen molar-refractivity contribution in [2.45, 2.75) is 56.4 Å². The summed E-state index contributed by atoms with van der Waals surface area (Å²) in [5.41, 5.74) is -4.62. The molecule has 0 saturated heterocycles. The quantitative estimate of drug-likeness (QED) is 0.615. The van der Waals surface area contributed by atoms with Gasteiger partial charge in [-0.3, -0.25) is 9.59 Å². The first-order valence-electron chi connectivity index (χ1n) is 8.97. The molecule has 3 N–H and O–H groups in total. The molecule has 0 spiro atoms. The number of alkyl halides is 6. The molecule has 1 fully saturated rings. The van der Waals surface area contributed by atoms with Gasteiger partial charge in [-0.25, -0.2) is 4.68 Å². The van der Waals surface area contributed by atoms with Crippen LogP contribution in [0.1, 0.15) is 37.1 Å². The molecule has 1 saturated carbocycles. The molecule has 2 aromatic rings. The topological polar surface area (TPSA) is 104 Å². The Bertz CT molecular complexity index is 1070. The molecule has 1 amide bonds. The lowest BCUT2D eigenvalue weighted by Gasteiger charge is -2.41. The van der Waals surface area contributed by atoms with Crippen LogP contribution < -0.4 is 10.9 Å². The van der Waals surface area contributed by atoms with E-state index in [2.05, 4.69) is 10.4 Å². The van der Waals surface area contributed by atoms with Crippen molar-refractivity contribution < 1.29 is 41.4 Å². The molecule has 1 unspecified atom stereocenters. The second-order valence-corrected chi connectivity index (χ2v) is 7.72. The minimum absolute atomic E-state index is 0.233. The number of rotatable bonds is 4. The molecule has 0 aliphatic heterocycles. The molecule has 0 bridgehead atoms. The van der Waals surface area contributed by atoms with Crippen molar-refractivity contribution in [3.63, 3.8) is 0 Å². The SMILES string of the molecule is C[C@]1(O)C[C@@H](NC(=O)Cn2nc(C(O)C(F)(F)F)c3cc(C(F)(F)F)ccc3c2=O)C1. The second-order valence-electron chi connectivity index (χ2n) is 7.72. The number of hydrogen-bond acceptors (Lipinski definition) is 5. The van der Waals surface area contributed by atoms with Gasteiger partial charge in [0.15, 0.2) is 6.10 Å². The zero-order valence-corrected chi connectivity index (χ0v) is 15.9. The summed E-state index contributed by atoms with van der Waals surface area (Å²) in [4.78, 5) is 24.7. The molecule has 1 aromatic carbocycles. The fourth-order valence-corrected chi connectivity index (χ4v) is 3.46. The average molecular weight is 453 g/mol. The summed E-state index contributed by atoms with van der Waals surface area (Å²) in [6.07, 6.45) is -13.0. The van der Waals surface area contributed by atoms with Crippen LogP contribution in [0, 0.1) is 0 Å². The Morgan fingerprint density at radius 2 is 1.87 bits per heavy atom. The van der Waals surface area contributed by atoms with Gasteiger partial charge in [-0.1, -0.05) is 0 Å². The van der Waals surface area contributed by atoms with E-state index in [0.717, 1.165) is 0 Å². The highest BCUT2D eigenvalue weighted by atomic mass is 19.4. The van der Waals surface area contributed by atoms with E-state index in [1.165, 1.54) is 0 Å². The molecular weight excluding hydrogens is 436 g/mol. The van der Waals surface area contributed by atoms with Gasteiger partial charge in [-0.15, -0.1) is 0 Å². The Morgan fingerprint density at radius 3 is 2.39 bits per heavy atom. The Labute approximate surface area is 170 Å². The predicted molar refractivity (Wildman–Crippen MR) is 93.8 cm³/mol. The normalized spacial score (nSPS) is 22.8. The van der Waals surface area contributed by atoms with Gasteiger partial charge in [0.05, 0.1) is 16.6 Å². The monoisotopic (exact) mass is 453 g/mol. The lowest BCUT2D eigenvalue weighted by Crippen LogP contribution is -2.54. The van der Waals surface area contributed by atoms with Crippen LogP contribution in [-0.4, -0.2) is 43.7 Å². The van der Waals surface area contributed by atoms with Gasteiger partial charge < -0.3 is 15.5 Å². The molecule has 1 aliphatic carbocycles. The van der Waals surface area contributed by atoms with Crippen LogP contribution in [-0.2, 0) is 17.5 Å². The van der Waals surface area contributed by atoms with Crippen molar-refractivity contribution in [1.29, 1.82) is 0 Å². The highest BCUT2D eigenvalue weighted by Crippen LogP contribution is 2.37. The molecule has 3 rings (SSSR count). The number of nitrogens with one attached hydrogen (secondary N) is 1. The minimum atomic E-state index is -5.28. The van der Waals surface area contributed by atoms with E-state index in [1.807, 2.05) is 0 Å². The number of aliphatic hydroxyl groups excluding tert-OH is 1. The van der Waals surface area contributed by atoms with Crippen molar-refractivity contribution in [2.75, 3.05) is 0 Å². The van der Waals surface area contributed by atoms with Crippen LogP contribution in [0.15, 0.2) is 23.0 Å². The van der Waals surface area contributed by atoms with Crippen molar-refractivity contribution in [1.82, 2.24) is 15.1 Å². The van der Waals surface area contributed by atoms with Gasteiger partial charge in [0.25, 0.3) is 5.56 Å². The van der Waals surface area contributed by atoms with E-state index >= 15 is 0 Å². The summed E-state index contributed by atoms with van der Waals surface area (Å²) in [6.45, 7) is 0.719. The van der Waals surface area contributed by atoms with Crippen LogP contribution in [0.25, 0.3) is 10.8 Å². The number of carbonyl (C=O) groups is 1. The highest BCUT2D eigenvalue weighted by Gasteiger charge is 2.43. The van der Waals surface area contributed by atoms with Crippen LogP contribution in [0.2, 0.25) is 0 Å². The van der Waals surface area contributed by atoms with E-state index in [9.17, 15) is 46.1 Å².